The Morgan fingerprint density at radius 2 is 1.00 bits per heavy atom. The third-order valence-electron chi connectivity index (χ3n) is 2.28. The summed E-state index contributed by atoms with van der Waals surface area (Å²) in [5.41, 5.74) is 0. The average Bonchev–Trinajstić information content (AvgIpc) is 2.09. The molecule has 0 aromatic heterocycles. The van der Waals surface area contributed by atoms with Crippen LogP contribution in [0.2, 0.25) is 0 Å². The highest BCUT2D eigenvalue weighted by molar-refractivity contribution is 8.77. The zero-order valence-corrected chi connectivity index (χ0v) is 12.6. The zero-order valence-electron chi connectivity index (χ0n) is 10.9. The summed E-state index contributed by atoms with van der Waals surface area (Å²) in [5.74, 6) is 1.02. The van der Waals surface area contributed by atoms with Crippen LogP contribution in [0.15, 0.2) is 0 Å². The van der Waals surface area contributed by atoms with E-state index < -0.39 is 0 Å². The number of carbonyl (C=O) groups excluding carboxylic acids is 2. The summed E-state index contributed by atoms with van der Waals surface area (Å²) in [6.07, 6.45) is 0. The molecule has 0 amide bonds. The summed E-state index contributed by atoms with van der Waals surface area (Å²) in [5, 5.41) is -0.0174. The highest BCUT2D eigenvalue weighted by atomic mass is 33.1. The molecule has 2 unspecified atom stereocenters. The minimum Gasteiger partial charge on any atom is -0.299 e. The third kappa shape index (κ3) is 5.39. The molecule has 4 heteroatoms. The molecule has 0 saturated heterocycles. The predicted molar refractivity (Wildman–Crippen MR) is 73.8 cm³/mol. The van der Waals surface area contributed by atoms with Crippen molar-refractivity contribution in [2.45, 2.75) is 52.0 Å². The van der Waals surface area contributed by atoms with Crippen LogP contribution in [0.1, 0.15) is 41.5 Å². The van der Waals surface area contributed by atoms with Crippen LogP contribution in [-0.4, -0.2) is 22.1 Å². The first-order valence-electron chi connectivity index (χ1n) is 5.60. The van der Waals surface area contributed by atoms with Gasteiger partial charge in [0.15, 0.2) is 0 Å². The van der Waals surface area contributed by atoms with E-state index in [0.29, 0.717) is 11.8 Å². The van der Waals surface area contributed by atoms with Crippen LogP contribution < -0.4 is 0 Å². The molecule has 0 fully saturated rings. The van der Waals surface area contributed by atoms with Gasteiger partial charge in [-0.15, -0.1) is 0 Å². The van der Waals surface area contributed by atoms with E-state index in [4.69, 9.17) is 0 Å². The molecule has 2 nitrogen and oxygen atoms in total. The van der Waals surface area contributed by atoms with E-state index in [1.165, 1.54) is 0 Å². The SMILES string of the molecule is CC(=O)C(SSC(C(C)=O)C(C)C)C(C)C. The fraction of sp³-hybridized carbons (Fsp3) is 0.833. The Labute approximate surface area is 107 Å². The second kappa shape index (κ2) is 7.38. The van der Waals surface area contributed by atoms with Gasteiger partial charge >= 0.3 is 0 Å². The van der Waals surface area contributed by atoms with Crippen molar-refractivity contribution in [1.29, 1.82) is 0 Å². The maximum absolute atomic E-state index is 11.4. The highest BCUT2D eigenvalue weighted by Crippen LogP contribution is 2.37. The quantitative estimate of drug-likeness (QED) is 0.657. The van der Waals surface area contributed by atoms with Crippen molar-refractivity contribution in [3.8, 4) is 0 Å². The molecule has 0 aliphatic carbocycles. The first-order valence-corrected chi connectivity index (χ1v) is 7.88. The fourth-order valence-corrected chi connectivity index (χ4v) is 5.24. The molecule has 0 saturated carbocycles. The van der Waals surface area contributed by atoms with Crippen LogP contribution in [0.5, 0.6) is 0 Å². The van der Waals surface area contributed by atoms with Crippen LogP contribution in [-0.2, 0) is 9.59 Å². The Bertz CT molecular complexity index is 223. The van der Waals surface area contributed by atoms with Gasteiger partial charge < -0.3 is 0 Å². The monoisotopic (exact) mass is 262 g/mol. The zero-order chi connectivity index (χ0) is 12.9. The van der Waals surface area contributed by atoms with Crippen LogP contribution in [0.4, 0.5) is 0 Å². The van der Waals surface area contributed by atoms with Gasteiger partial charge in [-0.1, -0.05) is 49.3 Å². The van der Waals surface area contributed by atoms with E-state index in [1.807, 2.05) is 27.7 Å². The number of carbonyl (C=O) groups is 2. The van der Waals surface area contributed by atoms with Gasteiger partial charge in [-0.2, -0.15) is 0 Å². The molecule has 0 aromatic carbocycles. The Morgan fingerprint density at radius 1 is 0.750 bits per heavy atom. The molecule has 0 spiro atoms. The van der Waals surface area contributed by atoms with Crippen LogP contribution >= 0.6 is 21.6 Å². The van der Waals surface area contributed by atoms with E-state index in [2.05, 4.69) is 0 Å². The molecule has 0 rings (SSSR count). The van der Waals surface area contributed by atoms with Crippen molar-refractivity contribution < 1.29 is 9.59 Å². The number of hydrogen-bond acceptors (Lipinski definition) is 4. The first kappa shape index (κ1) is 16.0. The Hall–Kier alpha value is 0.0400. The minimum absolute atomic E-state index is 0.00870. The maximum Gasteiger partial charge on any atom is 0.143 e. The Kier molecular flexibility index (Phi) is 7.40. The second-order valence-electron chi connectivity index (χ2n) is 4.74. The molecule has 0 aliphatic heterocycles. The molecule has 0 heterocycles. The molecule has 0 radical (unpaired) electrons. The van der Waals surface area contributed by atoms with Crippen molar-refractivity contribution in [3.63, 3.8) is 0 Å². The topological polar surface area (TPSA) is 34.1 Å². The van der Waals surface area contributed by atoms with E-state index >= 15 is 0 Å². The summed E-state index contributed by atoms with van der Waals surface area (Å²) in [7, 11) is 3.10. The van der Waals surface area contributed by atoms with Crippen molar-refractivity contribution in [3.05, 3.63) is 0 Å². The standard InChI is InChI=1S/C12H22O2S2/c1-7(2)11(9(5)13)15-16-12(8(3)4)10(6)14/h7-8,11-12H,1-6H3. The lowest BCUT2D eigenvalue weighted by molar-refractivity contribution is -0.118. The van der Waals surface area contributed by atoms with Gasteiger partial charge in [0.2, 0.25) is 0 Å². The van der Waals surface area contributed by atoms with Crippen molar-refractivity contribution >= 4 is 33.2 Å². The molecule has 2 atom stereocenters. The number of rotatable bonds is 7. The molecular weight excluding hydrogens is 240 g/mol. The molecular formula is C12H22O2S2. The normalized spacial score (nSPS) is 15.2. The molecule has 0 N–H and O–H groups in total. The molecule has 0 bridgehead atoms. The van der Waals surface area contributed by atoms with Crippen molar-refractivity contribution in [2.75, 3.05) is 0 Å². The van der Waals surface area contributed by atoms with Gasteiger partial charge in [0, 0.05) is 0 Å². The summed E-state index contributed by atoms with van der Waals surface area (Å²) in [4.78, 5) is 22.8. The molecule has 94 valence electrons. The van der Waals surface area contributed by atoms with Crippen molar-refractivity contribution in [1.82, 2.24) is 0 Å². The molecule has 0 aromatic rings. The highest BCUT2D eigenvalue weighted by Gasteiger charge is 2.25. The largest absolute Gasteiger partial charge is 0.299 e. The average molecular weight is 262 g/mol. The van der Waals surface area contributed by atoms with Crippen LogP contribution in [0.3, 0.4) is 0 Å². The first-order chi connectivity index (χ1) is 7.27. The number of Topliss-reactive ketones (excluding diaryl/α,β-unsaturated/α-hetero) is 2. The van der Waals surface area contributed by atoms with E-state index in [-0.39, 0.29) is 22.1 Å². The van der Waals surface area contributed by atoms with E-state index in [9.17, 15) is 9.59 Å². The summed E-state index contributed by atoms with van der Waals surface area (Å²) < 4.78 is 0. The van der Waals surface area contributed by atoms with Gasteiger partial charge in [0.25, 0.3) is 0 Å². The van der Waals surface area contributed by atoms with E-state index in [0.717, 1.165) is 0 Å². The van der Waals surface area contributed by atoms with Gasteiger partial charge in [-0.3, -0.25) is 9.59 Å². The van der Waals surface area contributed by atoms with Gasteiger partial charge in [0.1, 0.15) is 11.6 Å². The predicted octanol–water partition coefficient (Wildman–Crippen LogP) is 3.60. The van der Waals surface area contributed by atoms with Gasteiger partial charge in [0.05, 0.1) is 10.5 Å². The molecule has 16 heavy (non-hydrogen) atoms. The third-order valence-corrected chi connectivity index (χ3v) is 6.13. The maximum atomic E-state index is 11.4. The lowest BCUT2D eigenvalue weighted by atomic mass is 10.1. The lowest BCUT2D eigenvalue weighted by Crippen LogP contribution is -2.23. The Balaban J connectivity index is 4.38. The lowest BCUT2D eigenvalue weighted by Gasteiger charge is -2.21. The second-order valence-corrected chi connectivity index (χ2v) is 7.30. The minimum atomic E-state index is -0.00870. The van der Waals surface area contributed by atoms with Crippen LogP contribution in [0.25, 0.3) is 0 Å². The van der Waals surface area contributed by atoms with Gasteiger partial charge in [-0.25, -0.2) is 0 Å². The summed E-state index contributed by atoms with van der Waals surface area (Å²) in [6.45, 7) is 11.4. The fourth-order valence-electron chi connectivity index (χ4n) is 1.42. The summed E-state index contributed by atoms with van der Waals surface area (Å²) in [6, 6.07) is 0. The Morgan fingerprint density at radius 3 is 1.12 bits per heavy atom. The molecule has 0 aliphatic rings. The van der Waals surface area contributed by atoms with E-state index in [1.54, 1.807) is 35.4 Å². The van der Waals surface area contributed by atoms with Gasteiger partial charge in [-0.05, 0) is 25.7 Å². The number of hydrogen-bond donors (Lipinski definition) is 0. The number of ketones is 2. The summed E-state index contributed by atoms with van der Waals surface area (Å²) >= 11 is 0. The van der Waals surface area contributed by atoms with Crippen LogP contribution in [0, 0.1) is 11.8 Å². The smallest absolute Gasteiger partial charge is 0.143 e. The van der Waals surface area contributed by atoms with Crippen molar-refractivity contribution in [2.24, 2.45) is 11.8 Å².